The number of carbonyl (C=O) groups excluding carboxylic acids is 1. The minimum atomic E-state index is -5.22. The van der Waals surface area contributed by atoms with E-state index in [-0.39, 0.29) is 16.5 Å². The van der Waals surface area contributed by atoms with E-state index in [2.05, 4.69) is 0 Å². The van der Waals surface area contributed by atoms with Gasteiger partial charge in [0.05, 0.1) is 0 Å². The van der Waals surface area contributed by atoms with E-state index in [1.807, 2.05) is 0 Å². The molecular weight excluding hydrogens is 381 g/mol. The molecule has 1 heterocycles. The van der Waals surface area contributed by atoms with Gasteiger partial charge in [-0.25, -0.2) is 0 Å². The van der Waals surface area contributed by atoms with Crippen molar-refractivity contribution in [1.82, 2.24) is 5.32 Å². The van der Waals surface area contributed by atoms with Gasteiger partial charge in [0.2, 0.25) is 0 Å². The summed E-state index contributed by atoms with van der Waals surface area (Å²) in [5.41, 5.74) is 0. The van der Waals surface area contributed by atoms with Gasteiger partial charge >= 0.3 is 18.0 Å². The highest BCUT2D eigenvalue weighted by Crippen LogP contribution is 2.49. The van der Waals surface area contributed by atoms with E-state index in [1.165, 1.54) is 23.5 Å². The Morgan fingerprint density at radius 2 is 1.71 bits per heavy atom. The van der Waals surface area contributed by atoms with Crippen LogP contribution in [0.3, 0.4) is 0 Å². The Bertz CT molecular complexity index is 590. The van der Waals surface area contributed by atoms with Crippen molar-refractivity contribution in [2.24, 2.45) is 0 Å². The predicted molar refractivity (Wildman–Crippen MR) is 69.9 cm³/mol. The van der Waals surface area contributed by atoms with Crippen LogP contribution in [0.15, 0.2) is 18.2 Å². The summed E-state index contributed by atoms with van der Waals surface area (Å²) in [4.78, 5) is 11.1. The fourth-order valence-corrected chi connectivity index (χ4v) is 1.97. The van der Waals surface area contributed by atoms with E-state index < -0.39 is 21.8 Å². The second kappa shape index (κ2) is 5.15. The summed E-state index contributed by atoms with van der Waals surface area (Å²) < 4.78 is 44.7. The lowest BCUT2D eigenvalue weighted by Crippen LogP contribution is -2.65. The average molecular weight is 385 g/mol. The molecule has 21 heavy (non-hydrogen) atoms. The molecule has 0 radical (unpaired) electrons. The topological polar surface area (TPSA) is 47.6 Å². The molecule has 4 nitrogen and oxygen atoms in total. The summed E-state index contributed by atoms with van der Waals surface area (Å²) in [5, 5.41) is 1.60. The molecule has 0 aliphatic carbocycles. The van der Waals surface area contributed by atoms with Gasteiger partial charge in [-0.2, -0.15) is 13.2 Å². The molecule has 1 unspecified atom stereocenters. The molecule has 2 rings (SSSR count). The molecule has 1 aromatic rings. The van der Waals surface area contributed by atoms with Gasteiger partial charge in [0.25, 0.3) is 3.79 Å². The van der Waals surface area contributed by atoms with Gasteiger partial charge in [0.1, 0.15) is 0 Å². The molecule has 0 aromatic heterocycles. The number of amides is 1. The van der Waals surface area contributed by atoms with Crippen molar-refractivity contribution in [2.75, 3.05) is 0 Å². The van der Waals surface area contributed by atoms with Crippen LogP contribution >= 0.6 is 46.4 Å². The zero-order valence-corrected chi connectivity index (χ0v) is 12.6. The first-order valence-corrected chi connectivity index (χ1v) is 6.59. The number of halogens is 7. The monoisotopic (exact) mass is 383 g/mol. The number of hydrogen-bond donors (Lipinski definition) is 1. The molecule has 0 fully saturated rings. The second-order valence-electron chi connectivity index (χ2n) is 3.86. The number of fused-ring (bicyclic) bond motifs is 1. The summed E-state index contributed by atoms with van der Waals surface area (Å²) in [6.45, 7) is 0. The Balaban J connectivity index is 2.37. The smallest absolute Gasteiger partial charge is 0.428 e. The van der Waals surface area contributed by atoms with Gasteiger partial charge in [-0.3, -0.25) is 10.1 Å². The zero-order chi connectivity index (χ0) is 16.1. The highest BCUT2D eigenvalue weighted by molar-refractivity contribution is 6.68. The molecule has 1 atom stereocenters. The third kappa shape index (κ3) is 3.21. The maximum Gasteiger partial charge on any atom is 0.471 e. The number of benzene rings is 1. The van der Waals surface area contributed by atoms with Gasteiger partial charge in [-0.1, -0.05) is 46.4 Å². The molecule has 0 saturated heterocycles. The maximum absolute atomic E-state index is 12.4. The molecule has 0 bridgehead atoms. The van der Waals surface area contributed by atoms with Crippen LogP contribution in [-0.2, 0) is 4.79 Å². The van der Waals surface area contributed by atoms with Crippen molar-refractivity contribution < 1.29 is 27.4 Å². The van der Waals surface area contributed by atoms with Gasteiger partial charge < -0.3 is 9.47 Å². The number of alkyl halides is 6. The first-order chi connectivity index (χ1) is 9.45. The van der Waals surface area contributed by atoms with Crippen molar-refractivity contribution >= 4 is 52.3 Å². The number of nitrogens with one attached hydrogen (secondary N) is 1. The molecule has 0 spiro atoms. The van der Waals surface area contributed by atoms with Crippen LogP contribution < -0.4 is 14.8 Å². The Morgan fingerprint density at radius 1 is 1.14 bits per heavy atom. The largest absolute Gasteiger partial charge is 0.471 e. The lowest BCUT2D eigenvalue weighted by molar-refractivity contribution is -0.190. The Labute approximate surface area is 136 Å². The average Bonchev–Trinajstić information content (AvgIpc) is 2.65. The lowest BCUT2D eigenvalue weighted by atomic mass is 10.3. The van der Waals surface area contributed by atoms with E-state index in [9.17, 15) is 18.0 Å². The zero-order valence-electron chi connectivity index (χ0n) is 9.60. The second-order valence-corrected chi connectivity index (χ2v) is 6.58. The van der Waals surface area contributed by atoms with Crippen molar-refractivity contribution in [2.45, 2.75) is 15.9 Å². The highest BCUT2D eigenvalue weighted by atomic mass is 35.6. The molecule has 116 valence electrons. The van der Waals surface area contributed by atoms with Crippen LogP contribution in [0.25, 0.3) is 0 Å². The highest BCUT2D eigenvalue weighted by Gasteiger charge is 2.61. The summed E-state index contributed by atoms with van der Waals surface area (Å²) in [6, 6.07) is 3.90. The number of carbonyl (C=O) groups is 1. The molecule has 1 aromatic carbocycles. The van der Waals surface area contributed by atoms with Crippen LogP contribution in [-0.4, -0.2) is 21.8 Å². The standard InChI is InChI=1S/C10H4Cl4F3NO3/c11-4-1-2-5-6(3-4)21-10(20-5,9(12,13)14)18-7(19)8(15,16)17/h1-3H,(H,18,19). The van der Waals surface area contributed by atoms with Crippen LogP contribution in [0.4, 0.5) is 13.2 Å². The molecular formula is C10H4Cl4F3NO3. The van der Waals surface area contributed by atoms with Crippen molar-refractivity contribution in [3.05, 3.63) is 23.2 Å². The SMILES string of the molecule is O=C(NC1(C(Cl)(Cl)Cl)Oc2ccc(Cl)cc2O1)C(F)(F)F. The Kier molecular flexibility index (Phi) is 4.08. The third-order valence-corrected chi connectivity index (χ3v) is 3.30. The van der Waals surface area contributed by atoms with Crippen molar-refractivity contribution in [3.63, 3.8) is 0 Å². The van der Waals surface area contributed by atoms with Crippen LogP contribution in [0.5, 0.6) is 11.5 Å². The minimum Gasteiger partial charge on any atom is -0.428 e. The van der Waals surface area contributed by atoms with E-state index in [4.69, 9.17) is 55.9 Å². The molecule has 0 saturated carbocycles. The molecule has 11 heteroatoms. The van der Waals surface area contributed by atoms with Gasteiger partial charge in [0, 0.05) is 11.1 Å². The quantitative estimate of drug-likeness (QED) is 0.749. The van der Waals surface area contributed by atoms with E-state index >= 15 is 0 Å². The van der Waals surface area contributed by atoms with E-state index in [0.717, 1.165) is 0 Å². The number of ether oxygens (including phenoxy) is 2. The summed E-state index contributed by atoms with van der Waals surface area (Å²) in [7, 11) is 0. The summed E-state index contributed by atoms with van der Waals surface area (Å²) >= 11 is 22.5. The van der Waals surface area contributed by atoms with Crippen molar-refractivity contribution in [1.29, 1.82) is 0 Å². The van der Waals surface area contributed by atoms with Crippen LogP contribution in [0, 0.1) is 0 Å². The normalized spacial score (nSPS) is 21.3. The Morgan fingerprint density at radius 3 is 2.24 bits per heavy atom. The summed E-state index contributed by atoms with van der Waals surface area (Å²) in [5.74, 6) is -5.20. The third-order valence-electron chi connectivity index (χ3n) is 2.32. The lowest BCUT2D eigenvalue weighted by Gasteiger charge is -2.33. The first-order valence-electron chi connectivity index (χ1n) is 5.08. The van der Waals surface area contributed by atoms with Gasteiger partial charge in [-0.15, -0.1) is 0 Å². The first kappa shape index (κ1) is 16.6. The summed E-state index contributed by atoms with van der Waals surface area (Å²) in [6.07, 6.45) is -5.22. The minimum absolute atomic E-state index is 0.0480. The van der Waals surface area contributed by atoms with Gasteiger partial charge in [0.15, 0.2) is 11.5 Å². The van der Waals surface area contributed by atoms with Crippen molar-refractivity contribution in [3.8, 4) is 11.5 Å². The molecule has 1 aliphatic heterocycles. The number of hydrogen-bond acceptors (Lipinski definition) is 3. The van der Waals surface area contributed by atoms with Crippen LogP contribution in [0.2, 0.25) is 5.02 Å². The molecule has 1 N–H and O–H groups in total. The maximum atomic E-state index is 12.4. The predicted octanol–water partition coefficient (Wildman–Crippen LogP) is 3.81. The molecule has 1 amide bonds. The number of rotatable bonds is 1. The van der Waals surface area contributed by atoms with E-state index in [1.54, 1.807) is 0 Å². The fourth-order valence-electron chi connectivity index (χ4n) is 1.43. The fraction of sp³-hybridized carbons (Fsp3) is 0.300. The molecule has 1 aliphatic rings. The van der Waals surface area contributed by atoms with E-state index in [0.29, 0.717) is 0 Å². The van der Waals surface area contributed by atoms with Crippen LogP contribution in [0.1, 0.15) is 0 Å². The Hall–Kier alpha value is -0.760. The van der Waals surface area contributed by atoms with Gasteiger partial charge in [-0.05, 0) is 12.1 Å².